The number of benzene rings is 2. The molecule has 0 saturated heterocycles. The molecule has 0 unspecified atom stereocenters. The Kier molecular flexibility index (Phi) is 6.88. The zero-order valence-electron chi connectivity index (χ0n) is 16.2. The minimum atomic E-state index is -0.566. The summed E-state index contributed by atoms with van der Waals surface area (Å²) in [5, 5.41) is 2.73. The van der Waals surface area contributed by atoms with E-state index in [0.717, 1.165) is 22.3 Å². The molecule has 2 rings (SSSR count). The molecule has 0 atom stereocenters. The summed E-state index contributed by atoms with van der Waals surface area (Å²) in [4.78, 5) is 36.0. The Hall–Kier alpha value is -2.95. The molecule has 2 aromatic carbocycles. The molecule has 0 aromatic heterocycles. The summed E-state index contributed by atoms with van der Waals surface area (Å²) in [6.45, 7) is 7.37. The smallest absolute Gasteiger partial charge is 0.306 e. The first-order chi connectivity index (χ1) is 12.8. The zero-order valence-corrected chi connectivity index (χ0v) is 16.2. The van der Waals surface area contributed by atoms with Gasteiger partial charge in [0.1, 0.15) is 0 Å². The Labute approximate surface area is 159 Å². The molecule has 0 fully saturated rings. The minimum absolute atomic E-state index is 0.0531. The van der Waals surface area contributed by atoms with Gasteiger partial charge in [0, 0.05) is 17.7 Å². The fourth-order valence-corrected chi connectivity index (χ4v) is 2.55. The number of hydrogen-bond donors (Lipinski definition) is 1. The molecule has 0 bridgehead atoms. The van der Waals surface area contributed by atoms with Crippen molar-refractivity contribution in [2.75, 3.05) is 11.9 Å². The molecule has 0 spiro atoms. The van der Waals surface area contributed by atoms with Crippen LogP contribution in [0.2, 0.25) is 0 Å². The van der Waals surface area contributed by atoms with E-state index < -0.39 is 11.9 Å². The van der Waals surface area contributed by atoms with E-state index in [1.54, 1.807) is 6.07 Å². The Balaban J connectivity index is 1.78. The third-order valence-electron chi connectivity index (χ3n) is 4.42. The lowest BCUT2D eigenvalue weighted by atomic mass is 10.0. The molecule has 5 nitrogen and oxygen atoms in total. The molecule has 0 radical (unpaired) electrons. The van der Waals surface area contributed by atoms with Gasteiger partial charge in [-0.25, -0.2) is 0 Å². The van der Waals surface area contributed by atoms with Crippen molar-refractivity contribution in [2.45, 2.75) is 40.5 Å². The van der Waals surface area contributed by atoms with Crippen LogP contribution in [0.5, 0.6) is 0 Å². The molecule has 1 N–H and O–H groups in total. The number of ether oxygens (including phenoxy) is 1. The summed E-state index contributed by atoms with van der Waals surface area (Å²) < 4.78 is 4.97. The van der Waals surface area contributed by atoms with Crippen molar-refractivity contribution < 1.29 is 19.1 Å². The summed E-state index contributed by atoms with van der Waals surface area (Å²) in [5.41, 5.74) is 5.38. The standard InChI is InChI=1S/C22H25NO4/c1-14-5-6-16(3)19(11-14)23-21(25)13-27-22(26)10-9-20(24)18-8-7-15(2)17(4)12-18/h5-8,11-12H,9-10,13H2,1-4H3,(H,23,25). The van der Waals surface area contributed by atoms with Gasteiger partial charge in [0.05, 0.1) is 6.42 Å². The number of esters is 1. The maximum absolute atomic E-state index is 12.2. The number of anilines is 1. The van der Waals surface area contributed by atoms with E-state index >= 15 is 0 Å². The van der Waals surface area contributed by atoms with E-state index in [0.29, 0.717) is 11.3 Å². The van der Waals surface area contributed by atoms with Crippen LogP contribution in [0.25, 0.3) is 0 Å². The van der Waals surface area contributed by atoms with Crippen molar-refractivity contribution in [3.05, 3.63) is 64.2 Å². The fraction of sp³-hybridized carbons (Fsp3) is 0.318. The quantitative estimate of drug-likeness (QED) is 0.591. The van der Waals surface area contributed by atoms with Gasteiger partial charge in [-0.3, -0.25) is 14.4 Å². The van der Waals surface area contributed by atoms with E-state index in [9.17, 15) is 14.4 Å². The highest BCUT2D eigenvalue weighted by Crippen LogP contribution is 2.16. The van der Waals surface area contributed by atoms with Crippen molar-refractivity contribution in [3.63, 3.8) is 0 Å². The van der Waals surface area contributed by atoms with Crippen molar-refractivity contribution in [1.29, 1.82) is 0 Å². The molecule has 1 amide bonds. The molecule has 27 heavy (non-hydrogen) atoms. The number of carbonyl (C=O) groups excluding carboxylic acids is 3. The number of Topliss-reactive ketones (excluding diaryl/α,β-unsaturated/α-hetero) is 1. The third kappa shape index (κ3) is 6.06. The van der Waals surface area contributed by atoms with E-state index in [4.69, 9.17) is 4.74 Å². The normalized spacial score (nSPS) is 10.4. The molecule has 0 aliphatic carbocycles. The monoisotopic (exact) mass is 367 g/mol. The summed E-state index contributed by atoms with van der Waals surface area (Å²) in [6.07, 6.45) is 0.00243. The summed E-state index contributed by atoms with van der Waals surface area (Å²) in [6, 6.07) is 11.2. The van der Waals surface area contributed by atoms with Gasteiger partial charge < -0.3 is 10.1 Å². The first kappa shape index (κ1) is 20.4. The summed E-state index contributed by atoms with van der Waals surface area (Å²) in [7, 11) is 0. The van der Waals surface area contributed by atoms with Crippen LogP contribution < -0.4 is 5.32 Å². The number of aryl methyl sites for hydroxylation is 4. The first-order valence-electron chi connectivity index (χ1n) is 8.89. The van der Waals surface area contributed by atoms with Gasteiger partial charge in [-0.15, -0.1) is 0 Å². The van der Waals surface area contributed by atoms with Crippen LogP contribution in [0.3, 0.4) is 0 Å². The van der Waals surface area contributed by atoms with Crippen molar-refractivity contribution >= 4 is 23.3 Å². The summed E-state index contributed by atoms with van der Waals surface area (Å²) in [5.74, 6) is -1.09. The van der Waals surface area contributed by atoms with Gasteiger partial charge in [0.25, 0.3) is 5.91 Å². The van der Waals surface area contributed by atoms with Crippen LogP contribution in [0.1, 0.15) is 45.5 Å². The van der Waals surface area contributed by atoms with Crippen molar-refractivity contribution in [1.82, 2.24) is 0 Å². The number of carbonyl (C=O) groups is 3. The number of rotatable bonds is 7. The molecule has 0 aliphatic rings. The molecule has 0 heterocycles. The molecule has 5 heteroatoms. The van der Waals surface area contributed by atoms with Gasteiger partial charge in [0.2, 0.25) is 0 Å². The Bertz CT molecular complexity index is 871. The number of nitrogens with one attached hydrogen (secondary N) is 1. The van der Waals surface area contributed by atoms with Gasteiger partial charge in [0.15, 0.2) is 12.4 Å². The second-order valence-corrected chi connectivity index (χ2v) is 6.75. The second-order valence-electron chi connectivity index (χ2n) is 6.75. The van der Waals surface area contributed by atoms with Crippen LogP contribution in [-0.2, 0) is 14.3 Å². The van der Waals surface area contributed by atoms with Crippen LogP contribution in [0, 0.1) is 27.7 Å². The topological polar surface area (TPSA) is 72.5 Å². The zero-order chi connectivity index (χ0) is 20.0. The van der Waals surface area contributed by atoms with E-state index in [-0.39, 0.29) is 25.2 Å². The van der Waals surface area contributed by atoms with Gasteiger partial charge in [-0.2, -0.15) is 0 Å². The largest absolute Gasteiger partial charge is 0.456 e. The second kappa shape index (κ2) is 9.12. The predicted octanol–water partition coefficient (Wildman–Crippen LogP) is 4.07. The molecule has 0 saturated carbocycles. The lowest BCUT2D eigenvalue weighted by Gasteiger charge is -2.10. The van der Waals surface area contributed by atoms with Gasteiger partial charge in [-0.1, -0.05) is 24.3 Å². The van der Waals surface area contributed by atoms with Crippen LogP contribution >= 0.6 is 0 Å². The van der Waals surface area contributed by atoms with Crippen LogP contribution in [0.4, 0.5) is 5.69 Å². The Morgan fingerprint density at radius 3 is 2.26 bits per heavy atom. The summed E-state index contributed by atoms with van der Waals surface area (Å²) >= 11 is 0. The van der Waals surface area contributed by atoms with Crippen LogP contribution in [-0.4, -0.2) is 24.3 Å². The fourth-order valence-electron chi connectivity index (χ4n) is 2.55. The maximum atomic E-state index is 12.2. The van der Waals surface area contributed by atoms with Crippen molar-refractivity contribution in [3.8, 4) is 0 Å². The Morgan fingerprint density at radius 1 is 0.852 bits per heavy atom. The average Bonchev–Trinajstić information content (AvgIpc) is 2.63. The lowest BCUT2D eigenvalue weighted by molar-refractivity contribution is -0.147. The number of ketones is 1. The number of hydrogen-bond acceptors (Lipinski definition) is 4. The highest BCUT2D eigenvalue weighted by atomic mass is 16.5. The van der Waals surface area contributed by atoms with E-state index in [1.165, 1.54) is 0 Å². The first-order valence-corrected chi connectivity index (χ1v) is 8.89. The highest BCUT2D eigenvalue weighted by molar-refractivity contribution is 5.98. The number of amides is 1. The lowest BCUT2D eigenvalue weighted by Crippen LogP contribution is -2.21. The molecular weight excluding hydrogens is 342 g/mol. The highest BCUT2D eigenvalue weighted by Gasteiger charge is 2.13. The van der Waals surface area contributed by atoms with E-state index in [2.05, 4.69) is 5.32 Å². The van der Waals surface area contributed by atoms with Gasteiger partial charge in [-0.05, 0) is 62.1 Å². The Morgan fingerprint density at radius 2 is 1.56 bits per heavy atom. The van der Waals surface area contributed by atoms with Crippen molar-refractivity contribution in [2.24, 2.45) is 0 Å². The van der Waals surface area contributed by atoms with Gasteiger partial charge >= 0.3 is 5.97 Å². The maximum Gasteiger partial charge on any atom is 0.306 e. The molecule has 2 aromatic rings. The van der Waals surface area contributed by atoms with Crippen LogP contribution in [0.15, 0.2) is 36.4 Å². The average molecular weight is 367 g/mol. The third-order valence-corrected chi connectivity index (χ3v) is 4.42. The molecule has 142 valence electrons. The predicted molar refractivity (Wildman–Crippen MR) is 105 cm³/mol. The minimum Gasteiger partial charge on any atom is -0.456 e. The molecule has 0 aliphatic heterocycles. The van der Waals surface area contributed by atoms with E-state index in [1.807, 2.05) is 58.0 Å². The molecular formula is C22H25NO4. The SMILES string of the molecule is Cc1ccc(C)c(NC(=O)COC(=O)CCC(=O)c2ccc(C)c(C)c2)c1.